The molecular formula is C32H72Cu2N20. The molecule has 0 unspecified atom stereocenters. The van der Waals surface area contributed by atoms with Crippen molar-refractivity contribution in [1.29, 1.82) is 0 Å². The Kier molecular flexibility index (Phi) is 110. The number of unbranched alkanes of at least 4 members (excludes halogenated alkanes) is 8. The van der Waals surface area contributed by atoms with Gasteiger partial charge in [-0.05, 0) is 51.4 Å². The van der Waals surface area contributed by atoms with Gasteiger partial charge in [0.05, 0.1) is 52.4 Å². The minimum absolute atomic E-state index is 0. The molecule has 54 heavy (non-hydrogen) atoms. The molecule has 0 aliphatic heterocycles. The molecule has 0 aromatic heterocycles. The minimum Gasteiger partial charge on any atom is -0.373 e. The number of nitrogens with zero attached hydrogens (tertiary/aromatic N) is 20. The third-order valence-corrected chi connectivity index (χ3v) is 7.89. The molecule has 0 aliphatic carbocycles. The third kappa shape index (κ3) is 82.3. The van der Waals surface area contributed by atoms with E-state index in [1.807, 2.05) is 0 Å². The zero-order valence-electron chi connectivity index (χ0n) is 34.5. The van der Waals surface area contributed by atoms with E-state index in [0.717, 1.165) is 0 Å². The van der Waals surface area contributed by atoms with E-state index in [9.17, 15) is 0 Å². The molecule has 0 bridgehead atoms. The van der Waals surface area contributed by atoms with Crippen molar-refractivity contribution < 1.29 is 43.1 Å². The maximum absolute atomic E-state index is 6.75. The summed E-state index contributed by atoms with van der Waals surface area (Å²) in [6.07, 6.45) is 22.1. The van der Waals surface area contributed by atoms with Crippen molar-refractivity contribution >= 4 is 0 Å². The van der Waals surface area contributed by atoms with Gasteiger partial charge in [-0.3, -0.25) is 29.5 Å². The van der Waals surface area contributed by atoms with E-state index < -0.39 is 0 Å². The molecule has 0 saturated carbocycles. The summed E-state index contributed by atoms with van der Waals surface area (Å²) in [5, 5.41) is 0. The maximum Gasteiger partial charge on any atom is 2.00 e. The van der Waals surface area contributed by atoms with Gasteiger partial charge in [-0.2, -0.15) is 0 Å². The molecule has 22 heteroatoms. The van der Waals surface area contributed by atoms with Crippen LogP contribution < -0.4 is 0 Å². The zero-order valence-corrected chi connectivity index (χ0v) is 36.4. The summed E-state index contributed by atoms with van der Waals surface area (Å²) >= 11 is 0. The zero-order chi connectivity index (χ0) is 42.2. The van der Waals surface area contributed by atoms with Crippen molar-refractivity contribution in [3.8, 4) is 0 Å². The summed E-state index contributed by atoms with van der Waals surface area (Å²) < 4.78 is 2.84. The number of quaternary nitrogens is 2. The SMILES string of the molecule is CCCC[N+](CCCC)(CCCC)CCCC.CCCC[N+](CCCC)(CCCC)CCCC.[Cu+2].[Cu+2].[N-]=[N+]=[N-].[N-]=[N+]=[N-].[N-]=[N+]=[N-].[N-]=[N+]=[N-].[N-]=[N+]=[N-].[N-]=[N+]=[N-]. The molecule has 0 N–H and O–H groups in total. The summed E-state index contributed by atoms with van der Waals surface area (Å²) in [4.78, 5) is 9.00. The van der Waals surface area contributed by atoms with Crippen molar-refractivity contribution in [2.75, 3.05) is 52.4 Å². The largest absolute Gasteiger partial charge is 2.00 e. The first kappa shape index (κ1) is 75.7. The van der Waals surface area contributed by atoms with Gasteiger partial charge in [-0.15, -0.1) is 0 Å². The second kappa shape index (κ2) is 78.8. The quantitative estimate of drug-likeness (QED) is 0.0287. The van der Waals surface area contributed by atoms with Crippen molar-refractivity contribution in [3.63, 3.8) is 0 Å². The van der Waals surface area contributed by atoms with E-state index in [2.05, 4.69) is 55.4 Å². The molecule has 0 saturated heterocycles. The number of rotatable bonds is 24. The fraction of sp³-hybridized carbons (Fsp3) is 1.00. The minimum atomic E-state index is 0. The van der Waals surface area contributed by atoms with Crippen molar-refractivity contribution in [2.45, 2.75) is 158 Å². The molecule has 322 valence electrons. The Morgan fingerprint density at radius 3 is 0.370 bits per heavy atom. The summed E-state index contributed by atoms with van der Waals surface area (Å²) in [7, 11) is 0. The van der Waals surface area contributed by atoms with Crippen LogP contribution in [0, 0.1) is 0 Å². The average molecular weight is 864 g/mol. The summed E-state index contributed by atoms with van der Waals surface area (Å²) in [5.41, 5.74) is 81.0. The maximum atomic E-state index is 6.75. The predicted octanol–water partition coefficient (Wildman–Crippen LogP) is 15.2. The van der Waals surface area contributed by atoms with E-state index in [4.69, 9.17) is 66.4 Å². The number of hydrogen-bond donors (Lipinski definition) is 0. The van der Waals surface area contributed by atoms with Gasteiger partial charge in [0.15, 0.2) is 0 Å². The van der Waals surface area contributed by atoms with Gasteiger partial charge in [-0.25, -0.2) is 0 Å². The molecule has 0 heterocycles. The van der Waals surface area contributed by atoms with E-state index in [0.29, 0.717) is 0 Å². The van der Waals surface area contributed by atoms with Crippen molar-refractivity contribution in [3.05, 3.63) is 95.8 Å². The molecule has 0 amide bonds. The Bertz CT molecular complexity index is 683. The van der Waals surface area contributed by atoms with Crippen LogP contribution >= 0.6 is 0 Å². The second-order valence-electron chi connectivity index (χ2n) is 11.8. The van der Waals surface area contributed by atoms with Gasteiger partial charge in [0.1, 0.15) is 0 Å². The Labute approximate surface area is 348 Å². The topological polar surface area (TPSA) is 352 Å². The van der Waals surface area contributed by atoms with Gasteiger partial charge in [0, 0.05) is 0 Å². The molecule has 0 spiro atoms. The van der Waals surface area contributed by atoms with Crippen LogP contribution in [0.25, 0.3) is 95.8 Å². The predicted molar refractivity (Wildman–Crippen MR) is 219 cm³/mol. The first-order valence-electron chi connectivity index (χ1n) is 18.6. The van der Waals surface area contributed by atoms with Crippen LogP contribution in [0.1, 0.15) is 158 Å². The monoisotopic (exact) mass is 862 g/mol. The fourth-order valence-corrected chi connectivity index (χ4v) is 5.29. The van der Waals surface area contributed by atoms with E-state index in [1.54, 1.807) is 0 Å². The van der Waals surface area contributed by atoms with Crippen LogP contribution in [0.3, 0.4) is 0 Å². The first-order chi connectivity index (χ1) is 25.0. The molecule has 0 aliphatic rings. The normalized spacial score (nSPS) is 8.44. The van der Waals surface area contributed by atoms with Crippen LogP contribution in [0.4, 0.5) is 0 Å². The van der Waals surface area contributed by atoms with Gasteiger partial charge >= 0.3 is 34.1 Å². The Balaban J connectivity index is -0.0000000605. The van der Waals surface area contributed by atoms with Crippen LogP contribution in [-0.2, 0) is 34.1 Å². The molecule has 2 radical (unpaired) electrons. The molecule has 0 fully saturated rings. The van der Waals surface area contributed by atoms with Crippen LogP contribution in [0.15, 0.2) is 0 Å². The average Bonchev–Trinajstić information content (AvgIpc) is 3.13. The molecule has 0 aromatic carbocycles. The molecule has 0 atom stereocenters. The summed E-state index contributed by atoms with van der Waals surface area (Å²) in [6.45, 7) is 30.0. The fourth-order valence-electron chi connectivity index (χ4n) is 5.29. The van der Waals surface area contributed by atoms with E-state index >= 15 is 0 Å². The second-order valence-corrected chi connectivity index (χ2v) is 11.8. The summed E-state index contributed by atoms with van der Waals surface area (Å²) in [5.74, 6) is 0. The smallest absolute Gasteiger partial charge is 0.373 e. The standard InChI is InChI=1S/2C16H36N.2Cu.6N3/c2*1-5-9-13-17(14-10-6-2,15-11-7-3)16-12-8-4;;;6*1-3-2/h2*5-16H2,1-4H3;;;;;;;;/q2*+1;2*+2;6*-1. The Morgan fingerprint density at radius 2 is 0.315 bits per heavy atom. The van der Waals surface area contributed by atoms with E-state index in [1.165, 1.54) is 194 Å². The van der Waals surface area contributed by atoms with Gasteiger partial charge in [-0.1, -0.05) is 107 Å². The van der Waals surface area contributed by atoms with Crippen molar-refractivity contribution in [2.24, 2.45) is 0 Å². The first-order valence-corrected chi connectivity index (χ1v) is 18.6. The number of hydrogen-bond acceptors (Lipinski definition) is 0. The van der Waals surface area contributed by atoms with Crippen molar-refractivity contribution in [1.82, 2.24) is 0 Å². The molecule has 0 aromatic rings. The Morgan fingerprint density at radius 1 is 0.241 bits per heavy atom. The molecule has 0 rings (SSSR count). The van der Waals surface area contributed by atoms with Crippen LogP contribution in [0.2, 0.25) is 0 Å². The van der Waals surface area contributed by atoms with Gasteiger partial charge in [0.25, 0.3) is 0 Å². The summed E-state index contributed by atoms with van der Waals surface area (Å²) in [6, 6.07) is 0. The Hall–Kier alpha value is -3.18. The molecule has 20 nitrogen and oxygen atoms in total. The molecular weight excluding hydrogens is 792 g/mol. The third-order valence-electron chi connectivity index (χ3n) is 7.89. The van der Waals surface area contributed by atoms with Gasteiger partial charge in [0.2, 0.25) is 0 Å². The van der Waals surface area contributed by atoms with Crippen LogP contribution in [-0.4, -0.2) is 61.3 Å². The van der Waals surface area contributed by atoms with E-state index in [-0.39, 0.29) is 34.1 Å². The van der Waals surface area contributed by atoms with Gasteiger partial charge < -0.3 is 75.3 Å². The van der Waals surface area contributed by atoms with Crippen LogP contribution in [0.5, 0.6) is 0 Å².